The van der Waals surface area contributed by atoms with E-state index < -0.39 is 16.0 Å². The lowest BCUT2D eigenvalue weighted by Crippen LogP contribution is -2.29. The number of carboxylic acids is 1. The maximum absolute atomic E-state index is 12.6. The monoisotopic (exact) mass is 313 g/mol. The summed E-state index contributed by atoms with van der Waals surface area (Å²) >= 11 is 0. The number of carbonyl (C=O) groups is 1. The zero-order chi connectivity index (χ0) is 15.6. The van der Waals surface area contributed by atoms with E-state index in [9.17, 15) is 13.2 Å². The van der Waals surface area contributed by atoms with E-state index in [-0.39, 0.29) is 23.8 Å². The number of ether oxygens (including phenoxy) is 1. The lowest BCUT2D eigenvalue weighted by molar-refractivity contribution is -0.137. The average molecular weight is 313 g/mol. The Labute approximate surface area is 124 Å². The van der Waals surface area contributed by atoms with Crippen LogP contribution in [0.2, 0.25) is 0 Å². The number of hydrogen-bond donors (Lipinski definition) is 1. The fourth-order valence-electron chi connectivity index (χ4n) is 2.59. The molecule has 1 aromatic carbocycles. The van der Waals surface area contributed by atoms with Gasteiger partial charge in [0, 0.05) is 19.5 Å². The highest BCUT2D eigenvalue weighted by molar-refractivity contribution is 7.89. The van der Waals surface area contributed by atoms with Crippen molar-refractivity contribution in [3.05, 3.63) is 23.8 Å². The third kappa shape index (κ3) is 3.36. The average Bonchev–Trinajstić information content (AvgIpc) is 2.87. The maximum atomic E-state index is 12.6. The number of sulfonamides is 1. The smallest absolute Gasteiger partial charge is 0.303 e. The van der Waals surface area contributed by atoms with Crippen molar-refractivity contribution < 1.29 is 23.1 Å². The number of benzene rings is 1. The molecular formula is C14H19NO5S. The molecule has 1 aliphatic heterocycles. The molecule has 1 aliphatic rings. The van der Waals surface area contributed by atoms with Gasteiger partial charge in [-0.05, 0) is 43.0 Å². The lowest BCUT2D eigenvalue weighted by atomic mass is 10.1. The van der Waals surface area contributed by atoms with Gasteiger partial charge in [0.05, 0.1) is 12.0 Å². The van der Waals surface area contributed by atoms with Crippen LogP contribution in [0.4, 0.5) is 0 Å². The van der Waals surface area contributed by atoms with Crippen molar-refractivity contribution in [2.24, 2.45) is 5.92 Å². The van der Waals surface area contributed by atoms with Gasteiger partial charge in [0.25, 0.3) is 0 Å². The Bertz CT molecular complexity index is 641. The Kier molecular flexibility index (Phi) is 4.53. The number of aryl methyl sites for hydroxylation is 1. The van der Waals surface area contributed by atoms with Crippen LogP contribution < -0.4 is 4.74 Å². The van der Waals surface area contributed by atoms with E-state index in [2.05, 4.69) is 0 Å². The van der Waals surface area contributed by atoms with Gasteiger partial charge in [-0.15, -0.1) is 0 Å². The number of hydrogen-bond acceptors (Lipinski definition) is 4. The second kappa shape index (κ2) is 6.03. The van der Waals surface area contributed by atoms with Gasteiger partial charge in [0.15, 0.2) is 0 Å². The highest BCUT2D eigenvalue weighted by Gasteiger charge is 2.33. The van der Waals surface area contributed by atoms with Crippen LogP contribution in [0.15, 0.2) is 23.1 Å². The maximum Gasteiger partial charge on any atom is 0.303 e. The van der Waals surface area contributed by atoms with Crippen molar-refractivity contribution in [3.63, 3.8) is 0 Å². The molecule has 1 saturated heterocycles. The Hall–Kier alpha value is -1.60. The summed E-state index contributed by atoms with van der Waals surface area (Å²) in [6.07, 6.45) is 0.592. The van der Waals surface area contributed by atoms with Crippen molar-refractivity contribution in [1.82, 2.24) is 4.31 Å². The highest BCUT2D eigenvalue weighted by atomic mass is 32.2. The van der Waals surface area contributed by atoms with Crippen LogP contribution in [0.5, 0.6) is 5.75 Å². The molecule has 1 heterocycles. The van der Waals surface area contributed by atoms with E-state index in [1.807, 2.05) is 0 Å². The van der Waals surface area contributed by atoms with Gasteiger partial charge < -0.3 is 9.84 Å². The number of methoxy groups -OCH3 is 1. The molecular weight excluding hydrogens is 294 g/mol. The summed E-state index contributed by atoms with van der Waals surface area (Å²) in [6.45, 7) is 2.42. The molecule has 6 nitrogen and oxygen atoms in total. The quantitative estimate of drug-likeness (QED) is 0.890. The van der Waals surface area contributed by atoms with Crippen LogP contribution >= 0.6 is 0 Å². The first-order chi connectivity index (χ1) is 9.84. The Balaban J connectivity index is 2.19. The van der Waals surface area contributed by atoms with Gasteiger partial charge in [0.2, 0.25) is 10.0 Å². The van der Waals surface area contributed by atoms with E-state index in [0.29, 0.717) is 18.7 Å². The van der Waals surface area contributed by atoms with Gasteiger partial charge in [-0.1, -0.05) is 0 Å². The zero-order valence-electron chi connectivity index (χ0n) is 12.1. The van der Waals surface area contributed by atoms with E-state index in [0.717, 1.165) is 5.56 Å². The van der Waals surface area contributed by atoms with Crippen molar-refractivity contribution in [2.45, 2.75) is 24.7 Å². The molecule has 1 aromatic rings. The molecule has 7 heteroatoms. The van der Waals surface area contributed by atoms with Crippen molar-refractivity contribution in [2.75, 3.05) is 20.2 Å². The van der Waals surface area contributed by atoms with E-state index in [1.54, 1.807) is 19.1 Å². The molecule has 0 spiro atoms. The second-order valence-electron chi connectivity index (χ2n) is 5.25. The van der Waals surface area contributed by atoms with Crippen LogP contribution in [0.25, 0.3) is 0 Å². The first-order valence-corrected chi connectivity index (χ1v) is 8.15. The minimum atomic E-state index is -3.57. The van der Waals surface area contributed by atoms with Crippen molar-refractivity contribution in [3.8, 4) is 5.75 Å². The normalized spacial score (nSPS) is 19.6. The second-order valence-corrected chi connectivity index (χ2v) is 7.18. The summed E-state index contributed by atoms with van der Waals surface area (Å²) in [6, 6.07) is 4.73. The molecule has 1 unspecified atom stereocenters. The van der Waals surface area contributed by atoms with Gasteiger partial charge >= 0.3 is 5.97 Å². The summed E-state index contributed by atoms with van der Waals surface area (Å²) in [5, 5.41) is 8.79. The molecule has 0 aromatic heterocycles. The lowest BCUT2D eigenvalue weighted by Gasteiger charge is -2.17. The molecule has 21 heavy (non-hydrogen) atoms. The molecule has 0 saturated carbocycles. The predicted octanol–water partition coefficient (Wildman–Crippen LogP) is 1.49. The molecule has 0 radical (unpaired) electrons. The fraction of sp³-hybridized carbons (Fsp3) is 0.500. The molecule has 0 amide bonds. The van der Waals surface area contributed by atoms with Crippen LogP contribution in [-0.4, -0.2) is 44.0 Å². The first-order valence-electron chi connectivity index (χ1n) is 6.71. The summed E-state index contributed by atoms with van der Waals surface area (Å²) in [5.41, 5.74) is 0.750. The standard InChI is InChI=1S/C14H19NO5S/c1-10-7-12(3-4-13(10)20-2)21(18,19)15-6-5-11(9-15)8-14(16)17/h3-4,7,11H,5-6,8-9H2,1-2H3,(H,16,17). The van der Waals surface area contributed by atoms with Gasteiger partial charge in [-0.25, -0.2) is 8.42 Å². The van der Waals surface area contributed by atoms with Gasteiger partial charge in [-0.2, -0.15) is 4.31 Å². The van der Waals surface area contributed by atoms with Crippen molar-refractivity contribution in [1.29, 1.82) is 0 Å². The number of rotatable bonds is 5. The minimum Gasteiger partial charge on any atom is -0.496 e. The van der Waals surface area contributed by atoms with E-state index >= 15 is 0 Å². The minimum absolute atomic E-state index is 0.00760. The summed E-state index contributed by atoms with van der Waals surface area (Å²) < 4.78 is 31.6. The largest absolute Gasteiger partial charge is 0.496 e. The van der Waals surface area contributed by atoms with Crippen LogP contribution in [-0.2, 0) is 14.8 Å². The zero-order valence-corrected chi connectivity index (χ0v) is 12.9. The first kappa shape index (κ1) is 15.8. The summed E-state index contributed by atoms with van der Waals surface area (Å²) in [4.78, 5) is 10.9. The molecule has 116 valence electrons. The molecule has 1 fully saturated rings. The topological polar surface area (TPSA) is 83.9 Å². The Morgan fingerprint density at radius 3 is 2.76 bits per heavy atom. The van der Waals surface area contributed by atoms with Crippen LogP contribution in [0.3, 0.4) is 0 Å². The molecule has 0 aliphatic carbocycles. The highest BCUT2D eigenvalue weighted by Crippen LogP contribution is 2.28. The van der Waals surface area contributed by atoms with Crippen molar-refractivity contribution >= 4 is 16.0 Å². The molecule has 1 N–H and O–H groups in total. The van der Waals surface area contributed by atoms with Gasteiger partial charge in [0.1, 0.15) is 5.75 Å². The van der Waals surface area contributed by atoms with E-state index in [4.69, 9.17) is 9.84 Å². The fourth-order valence-corrected chi connectivity index (χ4v) is 4.21. The van der Waals surface area contributed by atoms with Gasteiger partial charge in [-0.3, -0.25) is 4.79 Å². The molecule has 0 bridgehead atoms. The Morgan fingerprint density at radius 2 is 2.19 bits per heavy atom. The van der Waals surface area contributed by atoms with Crippen LogP contribution in [0, 0.1) is 12.8 Å². The van der Waals surface area contributed by atoms with E-state index in [1.165, 1.54) is 17.5 Å². The molecule has 2 rings (SSSR count). The summed E-state index contributed by atoms with van der Waals surface area (Å²) in [5.74, 6) is -0.365. The number of aliphatic carboxylic acids is 1. The number of nitrogens with zero attached hydrogens (tertiary/aromatic N) is 1. The molecule has 1 atom stereocenters. The summed E-state index contributed by atoms with van der Waals surface area (Å²) in [7, 11) is -2.03. The predicted molar refractivity (Wildman–Crippen MR) is 76.8 cm³/mol. The third-order valence-electron chi connectivity index (χ3n) is 3.72. The Morgan fingerprint density at radius 1 is 1.48 bits per heavy atom. The third-order valence-corrected chi connectivity index (χ3v) is 5.58. The SMILES string of the molecule is COc1ccc(S(=O)(=O)N2CCC(CC(=O)O)C2)cc1C. The van der Waals surface area contributed by atoms with Crippen LogP contribution in [0.1, 0.15) is 18.4 Å². The number of carboxylic acid groups (broad SMARTS) is 1.